The Morgan fingerprint density at radius 1 is 0.243 bits per heavy atom. The summed E-state index contributed by atoms with van der Waals surface area (Å²) in [4.78, 5) is 2.35. The van der Waals surface area contributed by atoms with Crippen LogP contribution in [0.15, 0.2) is 277 Å². The summed E-state index contributed by atoms with van der Waals surface area (Å²) in [6.07, 6.45) is 0. The summed E-state index contributed by atoms with van der Waals surface area (Å²) in [5, 5.41) is 8.69. The van der Waals surface area contributed by atoms with Crippen LogP contribution in [0.1, 0.15) is 0 Å². The van der Waals surface area contributed by atoms with Crippen LogP contribution in [-0.4, -0.2) is 0 Å². The molecule has 0 aliphatic heterocycles. The molecule has 0 saturated heterocycles. The highest BCUT2D eigenvalue weighted by atomic mass is 16.3. The third kappa shape index (κ3) is 7.49. The van der Waals surface area contributed by atoms with Crippen LogP contribution in [-0.2, 0) is 0 Å². The molecule has 0 bridgehead atoms. The van der Waals surface area contributed by atoms with E-state index < -0.39 is 0 Å². The second kappa shape index (κ2) is 17.4. The summed E-state index contributed by atoms with van der Waals surface area (Å²) in [6.45, 7) is 0. The maximum absolute atomic E-state index is 6.62. The van der Waals surface area contributed by atoms with Gasteiger partial charge >= 0.3 is 0 Å². The van der Waals surface area contributed by atoms with Crippen LogP contribution in [0.5, 0.6) is 0 Å². The van der Waals surface area contributed by atoms with E-state index in [2.05, 4.69) is 272 Å². The van der Waals surface area contributed by atoms with E-state index in [4.69, 9.17) is 4.42 Å². The molecule has 12 aromatic carbocycles. The minimum absolute atomic E-state index is 0.877. The third-order valence-electron chi connectivity index (χ3n) is 13.9. The molecule has 0 radical (unpaired) electrons. The SMILES string of the molecule is c1ccc(-c2c(-c3cccc(-c4ccc(N(c5ccc(-c6ccc(-c7cccc8ccccc78)cc6)cc5)c5ccc(-c6ccc7c(ccc8ccccc87)c6)cc5)cc4)c3)oc3ccccc23)cc1. The number of fused-ring (bicyclic) bond motifs is 5. The first-order valence-electron chi connectivity index (χ1n) is 24.0. The molecule has 0 spiro atoms. The summed E-state index contributed by atoms with van der Waals surface area (Å²) >= 11 is 0. The highest BCUT2D eigenvalue weighted by Crippen LogP contribution is 2.43. The van der Waals surface area contributed by atoms with Crippen molar-refractivity contribution >= 4 is 60.3 Å². The molecule has 0 aliphatic carbocycles. The van der Waals surface area contributed by atoms with Crippen molar-refractivity contribution in [3.05, 3.63) is 273 Å². The fourth-order valence-electron chi connectivity index (χ4n) is 10.3. The Kier molecular flexibility index (Phi) is 10.2. The van der Waals surface area contributed by atoms with Gasteiger partial charge in [0.15, 0.2) is 0 Å². The van der Waals surface area contributed by atoms with E-state index in [1.54, 1.807) is 0 Å². The Balaban J connectivity index is 0.845. The maximum atomic E-state index is 6.62. The van der Waals surface area contributed by atoms with Gasteiger partial charge in [-0.15, -0.1) is 0 Å². The molecule has 1 heterocycles. The minimum atomic E-state index is 0.877. The number of hydrogen-bond acceptors (Lipinski definition) is 2. The highest BCUT2D eigenvalue weighted by molar-refractivity contribution is 6.08. The number of benzene rings is 12. The number of rotatable bonds is 9. The lowest BCUT2D eigenvalue weighted by Crippen LogP contribution is -2.09. The normalized spacial score (nSPS) is 11.4. The molecule has 1 aromatic heterocycles. The quantitative estimate of drug-likeness (QED) is 0.134. The lowest BCUT2D eigenvalue weighted by Gasteiger charge is -2.26. The topological polar surface area (TPSA) is 16.4 Å². The Morgan fingerprint density at radius 2 is 0.686 bits per heavy atom. The zero-order valence-electron chi connectivity index (χ0n) is 38.3. The van der Waals surface area contributed by atoms with Gasteiger partial charge in [-0.25, -0.2) is 0 Å². The first kappa shape index (κ1) is 41.0. The number of para-hydroxylation sites is 1. The van der Waals surface area contributed by atoms with E-state index in [1.807, 2.05) is 6.07 Å². The number of hydrogen-bond donors (Lipinski definition) is 0. The molecular weight excluding hydrogens is 847 g/mol. The highest BCUT2D eigenvalue weighted by Gasteiger charge is 2.19. The molecule has 2 nitrogen and oxygen atoms in total. The summed E-state index contributed by atoms with van der Waals surface area (Å²) < 4.78 is 6.62. The first-order valence-corrected chi connectivity index (χ1v) is 24.0. The molecule has 13 rings (SSSR count). The van der Waals surface area contributed by atoms with Gasteiger partial charge in [0.25, 0.3) is 0 Å². The molecule has 70 heavy (non-hydrogen) atoms. The Hall–Kier alpha value is -9.24. The van der Waals surface area contributed by atoms with Gasteiger partial charge in [0.1, 0.15) is 11.3 Å². The van der Waals surface area contributed by atoms with Crippen molar-refractivity contribution in [1.29, 1.82) is 0 Å². The molecule has 0 unspecified atom stereocenters. The van der Waals surface area contributed by atoms with Gasteiger partial charge in [0.2, 0.25) is 0 Å². The minimum Gasteiger partial charge on any atom is -0.455 e. The molecule has 0 atom stereocenters. The van der Waals surface area contributed by atoms with Gasteiger partial charge < -0.3 is 9.32 Å². The molecule has 0 N–H and O–H groups in total. The maximum Gasteiger partial charge on any atom is 0.143 e. The van der Waals surface area contributed by atoms with Crippen molar-refractivity contribution in [2.75, 3.05) is 4.90 Å². The van der Waals surface area contributed by atoms with Crippen molar-refractivity contribution in [1.82, 2.24) is 0 Å². The smallest absolute Gasteiger partial charge is 0.143 e. The largest absolute Gasteiger partial charge is 0.455 e. The van der Waals surface area contributed by atoms with Gasteiger partial charge in [-0.2, -0.15) is 0 Å². The van der Waals surface area contributed by atoms with E-state index in [1.165, 1.54) is 65.7 Å². The van der Waals surface area contributed by atoms with E-state index in [9.17, 15) is 0 Å². The Labute approximate surface area is 407 Å². The van der Waals surface area contributed by atoms with Gasteiger partial charge in [-0.3, -0.25) is 0 Å². The zero-order chi connectivity index (χ0) is 46.4. The molecule has 0 saturated carbocycles. The Bertz CT molecular complexity index is 4010. The fraction of sp³-hybridized carbons (Fsp3) is 0. The van der Waals surface area contributed by atoms with Crippen molar-refractivity contribution < 1.29 is 4.42 Å². The van der Waals surface area contributed by atoms with E-state index >= 15 is 0 Å². The summed E-state index contributed by atoms with van der Waals surface area (Å²) in [7, 11) is 0. The lowest BCUT2D eigenvalue weighted by molar-refractivity contribution is 0.632. The van der Waals surface area contributed by atoms with E-state index in [-0.39, 0.29) is 0 Å². The number of nitrogens with zero attached hydrogens (tertiary/aromatic N) is 1. The van der Waals surface area contributed by atoms with Gasteiger partial charge in [0.05, 0.1) is 0 Å². The lowest BCUT2D eigenvalue weighted by atomic mass is 9.96. The predicted octanol–water partition coefficient (Wildman–Crippen LogP) is 19.4. The predicted molar refractivity (Wildman–Crippen MR) is 296 cm³/mol. The van der Waals surface area contributed by atoms with Crippen molar-refractivity contribution in [3.8, 4) is 67.0 Å². The molecular formula is C68H45NO. The molecule has 328 valence electrons. The molecule has 0 aliphatic rings. The van der Waals surface area contributed by atoms with Crippen LogP contribution < -0.4 is 4.90 Å². The van der Waals surface area contributed by atoms with Crippen LogP contribution in [0.2, 0.25) is 0 Å². The van der Waals surface area contributed by atoms with Gasteiger partial charge in [-0.05, 0) is 137 Å². The molecule has 0 fully saturated rings. The molecule has 13 aromatic rings. The van der Waals surface area contributed by atoms with E-state index in [0.29, 0.717) is 0 Å². The molecule has 2 heteroatoms. The van der Waals surface area contributed by atoms with Gasteiger partial charge in [0, 0.05) is 33.6 Å². The van der Waals surface area contributed by atoms with Gasteiger partial charge in [-0.1, -0.05) is 218 Å². The van der Waals surface area contributed by atoms with E-state index in [0.717, 1.165) is 61.6 Å². The van der Waals surface area contributed by atoms with Crippen LogP contribution in [0.4, 0.5) is 17.1 Å². The average Bonchev–Trinajstić information content (AvgIpc) is 3.84. The average molecular weight is 892 g/mol. The van der Waals surface area contributed by atoms with Crippen LogP contribution >= 0.6 is 0 Å². The monoisotopic (exact) mass is 891 g/mol. The van der Waals surface area contributed by atoms with Crippen molar-refractivity contribution in [2.45, 2.75) is 0 Å². The van der Waals surface area contributed by atoms with Crippen LogP contribution in [0, 0.1) is 0 Å². The zero-order valence-corrected chi connectivity index (χ0v) is 38.3. The standard InChI is InChI=1S/C68H45NO/c1-2-14-53(15-3-1)67-65-21-8-9-23-66(65)70-68(67)57-18-10-17-54(45-57)48-32-39-59(40-33-48)69(60-41-34-49(35-42-60)55-36-43-64-56(44-55)29-28-51-13-5-7-20-62(51)64)58-37-30-47(31-38-58)46-24-26-52(27-25-46)63-22-11-16-50-12-4-6-19-61(50)63/h1-45H. The Morgan fingerprint density at radius 3 is 1.37 bits per heavy atom. The summed E-state index contributed by atoms with van der Waals surface area (Å²) in [5.41, 5.74) is 16.8. The fourth-order valence-corrected chi connectivity index (χ4v) is 10.3. The molecule has 0 amide bonds. The summed E-state index contributed by atoms with van der Waals surface area (Å²) in [6, 6.07) is 98.5. The number of anilines is 3. The summed E-state index contributed by atoms with van der Waals surface area (Å²) in [5.74, 6) is 0.877. The van der Waals surface area contributed by atoms with Crippen molar-refractivity contribution in [2.24, 2.45) is 0 Å². The third-order valence-corrected chi connectivity index (χ3v) is 13.9. The second-order valence-corrected chi connectivity index (χ2v) is 18.1. The first-order chi connectivity index (χ1) is 34.7. The van der Waals surface area contributed by atoms with Crippen LogP contribution in [0.25, 0.3) is 110 Å². The number of furan rings is 1. The second-order valence-electron chi connectivity index (χ2n) is 18.1. The van der Waals surface area contributed by atoms with Crippen LogP contribution in [0.3, 0.4) is 0 Å². The van der Waals surface area contributed by atoms with Crippen molar-refractivity contribution in [3.63, 3.8) is 0 Å².